The fourth-order valence-electron chi connectivity index (χ4n) is 1.50. The van der Waals surface area contributed by atoms with Crippen LogP contribution in [0, 0.1) is 0 Å². The average Bonchev–Trinajstić information content (AvgIpc) is 2.29. The standard InChI is InChI=1S/C13H24O4.Na/c1-2-3-4-5-8-11-17-13(16)10-7-6-9-12(14)15;/h2-11H2,1H3,(H,14,15);/q;+1/p-1. The third-order valence-electron chi connectivity index (χ3n) is 2.52. The van der Waals surface area contributed by atoms with E-state index >= 15 is 0 Å². The van der Waals surface area contributed by atoms with Gasteiger partial charge in [0.1, 0.15) is 0 Å². The molecular weight excluding hydrogens is 243 g/mol. The Morgan fingerprint density at radius 3 is 2.17 bits per heavy atom. The van der Waals surface area contributed by atoms with Crippen molar-refractivity contribution >= 4 is 11.9 Å². The van der Waals surface area contributed by atoms with E-state index in [0.29, 0.717) is 25.9 Å². The second-order valence-electron chi connectivity index (χ2n) is 4.21. The van der Waals surface area contributed by atoms with Crippen LogP contribution in [0.1, 0.15) is 64.7 Å². The Morgan fingerprint density at radius 2 is 1.56 bits per heavy atom. The maximum Gasteiger partial charge on any atom is 1.00 e. The number of ether oxygens (including phenoxy) is 1. The van der Waals surface area contributed by atoms with Gasteiger partial charge in [-0.2, -0.15) is 0 Å². The number of aliphatic carboxylic acids is 1. The quantitative estimate of drug-likeness (QED) is 0.268. The number of hydrogen-bond donors (Lipinski definition) is 0. The van der Waals surface area contributed by atoms with Crippen LogP contribution in [0.4, 0.5) is 0 Å². The Morgan fingerprint density at radius 1 is 0.944 bits per heavy atom. The van der Waals surface area contributed by atoms with Gasteiger partial charge in [0.2, 0.25) is 0 Å². The molecule has 4 nitrogen and oxygen atoms in total. The van der Waals surface area contributed by atoms with E-state index in [4.69, 9.17) is 4.74 Å². The number of rotatable bonds is 11. The molecular formula is C13H23NaO4. The predicted octanol–water partition coefficient (Wildman–Crippen LogP) is -1.19. The largest absolute Gasteiger partial charge is 1.00 e. The van der Waals surface area contributed by atoms with Crippen molar-refractivity contribution in [1.29, 1.82) is 0 Å². The molecule has 0 aliphatic rings. The van der Waals surface area contributed by atoms with E-state index in [0.717, 1.165) is 12.8 Å². The van der Waals surface area contributed by atoms with E-state index in [2.05, 4.69) is 6.92 Å². The van der Waals surface area contributed by atoms with E-state index in [1.165, 1.54) is 19.3 Å². The number of carbonyl (C=O) groups is 2. The van der Waals surface area contributed by atoms with Crippen LogP contribution in [0.15, 0.2) is 0 Å². The van der Waals surface area contributed by atoms with Crippen molar-refractivity contribution < 1.29 is 49.0 Å². The van der Waals surface area contributed by atoms with E-state index in [-0.39, 0.29) is 41.9 Å². The second kappa shape index (κ2) is 15.0. The molecule has 0 aliphatic heterocycles. The van der Waals surface area contributed by atoms with Crippen molar-refractivity contribution in [3.05, 3.63) is 0 Å². The molecule has 0 atom stereocenters. The Kier molecular flexibility index (Phi) is 16.9. The minimum Gasteiger partial charge on any atom is -0.550 e. The summed E-state index contributed by atoms with van der Waals surface area (Å²) >= 11 is 0. The molecule has 0 saturated heterocycles. The van der Waals surface area contributed by atoms with Crippen LogP contribution in [-0.4, -0.2) is 18.5 Å². The summed E-state index contributed by atoms with van der Waals surface area (Å²) < 4.78 is 5.03. The molecule has 100 valence electrons. The van der Waals surface area contributed by atoms with Crippen LogP contribution in [0.25, 0.3) is 0 Å². The summed E-state index contributed by atoms with van der Waals surface area (Å²) in [5.74, 6) is -1.28. The van der Waals surface area contributed by atoms with E-state index in [9.17, 15) is 14.7 Å². The summed E-state index contributed by atoms with van der Waals surface area (Å²) in [5, 5.41) is 10.1. The first-order chi connectivity index (χ1) is 8.16. The Hall–Kier alpha value is -0.0600. The first-order valence-corrected chi connectivity index (χ1v) is 6.52. The van der Waals surface area contributed by atoms with Gasteiger partial charge in [-0.05, 0) is 25.7 Å². The summed E-state index contributed by atoms with van der Waals surface area (Å²) in [6.45, 7) is 2.65. The number of carbonyl (C=O) groups excluding carboxylic acids is 2. The summed E-state index contributed by atoms with van der Waals surface area (Å²) in [7, 11) is 0. The predicted molar refractivity (Wildman–Crippen MR) is 63.2 cm³/mol. The van der Waals surface area contributed by atoms with Crippen molar-refractivity contribution in [2.75, 3.05) is 6.61 Å². The maximum absolute atomic E-state index is 11.2. The van der Waals surface area contributed by atoms with Crippen LogP contribution in [0.2, 0.25) is 0 Å². The molecule has 0 unspecified atom stereocenters. The normalized spacial score (nSPS) is 9.61. The number of unbranched alkanes of at least 4 members (excludes halogenated alkanes) is 5. The second-order valence-corrected chi connectivity index (χ2v) is 4.21. The number of carboxylic acids is 1. The van der Waals surface area contributed by atoms with Gasteiger partial charge in [-0.3, -0.25) is 4.79 Å². The molecule has 0 aliphatic carbocycles. The Labute approximate surface area is 132 Å². The zero-order chi connectivity index (χ0) is 12.9. The molecule has 0 heterocycles. The van der Waals surface area contributed by atoms with E-state index < -0.39 is 5.97 Å². The molecule has 0 N–H and O–H groups in total. The van der Waals surface area contributed by atoms with Crippen molar-refractivity contribution in [2.24, 2.45) is 0 Å². The van der Waals surface area contributed by atoms with Gasteiger partial charge in [0.15, 0.2) is 0 Å². The Balaban J connectivity index is 0. The molecule has 0 bridgehead atoms. The SMILES string of the molecule is CCCCCCCOC(=O)CCCCC(=O)[O-].[Na+]. The molecule has 0 aromatic heterocycles. The third kappa shape index (κ3) is 15.9. The molecule has 0 aromatic rings. The van der Waals surface area contributed by atoms with Crippen LogP contribution in [0.3, 0.4) is 0 Å². The first kappa shape index (κ1) is 20.3. The maximum atomic E-state index is 11.2. The first-order valence-electron chi connectivity index (χ1n) is 6.52. The molecule has 0 radical (unpaired) electrons. The zero-order valence-electron chi connectivity index (χ0n) is 11.7. The summed E-state index contributed by atoms with van der Waals surface area (Å²) in [6, 6.07) is 0. The number of esters is 1. The molecule has 18 heavy (non-hydrogen) atoms. The zero-order valence-corrected chi connectivity index (χ0v) is 13.7. The smallest absolute Gasteiger partial charge is 0.550 e. The number of carboxylic acid groups (broad SMARTS) is 1. The van der Waals surface area contributed by atoms with Crippen LogP contribution in [-0.2, 0) is 14.3 Å². The van der Waals surface area contributed by atoms with E-state index in [1.54, 1.807) is 0 Å². The van der Waals surface area contributed by atoms with Crippen LogP contribution in [0.5, 0.6) is 0 Å². The van der Waals surface area contributed by atoms with Crippen LogP contribution < -0.4 is 34.7 Å². The van der Waals surface area contributed by atoms with Crippen LogP contribution >= 0.6 is 0 Å². The molecule has 0 amide bonds. The van der Waals surface area contributed by atoms with Gasteiger partial charge >= 0.3 is 35.5 Å². The average molecular weight is 266 g/mol. The molecule has 0 rings (SSSR count). The fourth-order valence-corrected chi connectivity index (χ4v) is 1.50. The Bertz CT molecular complexity index is 219. The van der Waals surface area contributed by atoms with Gasteiger partial charge in [0, 0.05) is 12.4 Å². The minimum atomic E-state index is -1.06. The number of hydrogen-bond acceptors (Lipinski definition) is 4. The van der Waals surface area contributed by atoms with Gasteiger partial charge in [-0.1, -0.05) is 32.6 Å². The molecule has 0 fully saturated rings. The van der Waals surface area contributed by atoms with Crippen molar-refractivity contribution in [3.63, 3.8) is 0 Å². The monoisotopic (exact) mass is 266 g/mol. The molecule has 0 spiro atoms. The van der Waals surface area contributed by atoms with Gasteiger partial charge in [0.05, 0.1) is 6.61 Å². The summed E-state index contributed by atoms with van der Waals surface area (Å²) in [5.41, 5.74) is 0. The third-order valence-corrected chi connectivity index (χ3v) is 2.52. The van der Waals surface area contributed by atoms with E-state index in [1.807, 2.05) is 0 Å². The van der Waals surface area contributed by atoms with Gasteiger partial charge in [-0.25, -0.2) is 0 Å². The van der Waals surface area contributed by atoms with Gasteiger partial charge in [-0.15, -0.1) is 0 Å². The topological polar surface area (TPSA) is 66.4 Å². The van der Waals surface area contributed by atoms with Crippen molar-refractivity contribution in [3.8, 4) is 0 Å². The van der Waals surface area contributed by atoms with Crippen molar-refractivity contribution in [1.82, 2.24) is 0 Å². The molecule has 0 saturated carbocycles. The summed E-state index contributed by atoms with van der Waals surface area (Å²) in [6.07, 6.45) is 7.02. The van der Waals surface area contributed by atoms with Gasteiger partial charge in [0.25, 0.3) is 0 Å². The van der Waals surface area contributed by atoms with Crippen molar-refractivity contribution in [2.45, 2.75) is 64.7 Å². The van der Waals surface area contributed by atoms with Gasteiger partial charge < -0.3 is 14.6 Å². The summed E-state index contributed by atoms with van der Waals surface area (Å²) in [4.78, 5) is 21.3. The fraction of sp³-hybridized carbons (Fsp3) is 0.846. The minimum absolute atomic E-state index is 0. The molecule has 0 aromatic carbocycles. The molecule has 5 heteroatoms.